The van der Waals surface area contributed by atoms with Crippen LogP contribution < -0.4 is 0 Å². The van der Waals surface area contributed by atoms with Gasteiger partial charge in [0.25, 0.3) is 0 Å². The van der Waals surface area contributed by atoms with Gasteiger partial charge in [-0.15, -0.1) is 0 Å². The molecule has 21 heavy (non-hydrogen) atoms. The van der Waals surface area contributed by atoms with Crippen molar-refractivity contribution in [1.29, 1.82) is 0 Å². The molecule has 0 radical (unpaired) electrons. The molecule has 0 unspecified atom stereocenters. The summed E-state index contributed by atoms with van der Waals surface area (Å²) in [7, 11) is 1.86. The van der Waals surface area contributed by atoms with Crippen molar-refractivity contribution in [3.63, 3.8) is 0 Å². The third-order valence-corrected chi connectivity index (χ3v) is 3.85. The molecular formula is C13H13N5O2S. The molecule has 0 saturated heterocycles. The Morgan fingerprint density at radius 2 is 2.33 bits per heavy atom. The van der Waals surface area contributed by atoms with Gasteiger partial charge < -0.3 is 5.11 Å². The van der Waals surface area contributed by atoms with Crippen molar-refractivity contribution in [3.05, 3.63) is 36.3 Å². The molecule has 3 aromatic heterocycles. The van der Waals surface area contributed by atoms with Crippen molar-refractivity contribution in [2.24, 2.45) is 7.05 Å². The minimum absolute atomic E-state index is 0.0314. The molecule has 1 N–H and O–H groups in total. The lowest BCUT2D eigenvalue weighted by Gasteiger charge is -2.05. The van der Waals surface area contributed by atoms with Crippen LogP contribution in [0.3, 0.4) is 0 Å². The van der Waals surface area contributed by atoms with Crippen LogP contribution in [0, 0.1) is 0 Å². The van der Waals surface area contributed by atoms with E-state index < -0.39 is 5.97 Å². The normalized spacial score (nSPS) is 11.1. The standard InChI is InChI=1S/C13H13N5O2S/c1-17-6-9(5-15-17)7-18-12-10(3-2-4-14-12)16-13(18)21-8-11(19)20/h2-6H,7-8H2,1H3,(H,19,20). The van der Waals surface area contributed by atoms with Crippen LogP contribution in [0.15, 0.2) is 35.9 Å². The highest BCUT2D eigenvalue weighted by Crippen LogP contribution is 2.23. The second-order valence-corrected chi connectivity index (χ2v) is 5.47. The van der Waals surface area contributed by atoms with Gasteiger partial charge in [-0.05, 0) is 12.1 Å². The van der Waals surface area contributed by atoms with Crippen molar-refractivity contribution in [3.8, 4) is 0 Å². The lowest BCUT2D eigenvalue weighted by Crippen LogP contribution is -2.04. The number of rotatable bonds is 5. The number of aliphatic carboxylic acids is 1. The van der Waals surface area contributed by atoms with Crippen molar-refractivity contribution >= 4 is 28.9 Å². The highest BCUT2D eigenvalue weighted by Gasteiger charge is 2.14. The van der Waals surface area contributed by atoms with Crippen molar-refractivity contribution in [2.75, 3.05) is 5.75 Å². The zero-order valence-corrected chi connectivity index (χ0v) is 12.1. The summed E-state index contributed by atoms with van der Waals surface area (Å²) < 4.78 is 3.64. The molecule has 7 nitrogen and oxygen atoms in total. The van der Waals surface area contributed by atoms with Gasteiger partial charge in [-0.2, -0.15) is 5.10 Å². The first kappa shape index (κ1) is 13.6. The summed E-state index contributed by atoms with van der Waals surface area (Å²) in [6.07, 6.45) is 5.40. The van der Waals surface area contributed by atoms with Crippen molar-refractivity contribution in [1.82, 2.24) is 24.3 Å². The smallest absolute Gasteiger partial charge is 0.313 e. The fourth-order valence-corrected chi connectivity index (χ4v) is 2.78. The summed E-state index contributed by atoms with van der Waals surface area (Å²) >= 11 is 1.19. The number of imidazole rings is 1. The minimum Gasteiger partial charge on any atom is -0.481 e. The maximum Gasteiger partial charge on any atom is 0.313 e. The van der Waals surface area contributed by atoms with E-state index in [0.29, 0.717) is 11.7 Å². The van der Waals surface area contributed by atoms with Crippen LogP contribution in [-0.2, 0) is 18.4 Å². The van der Waals surface area contributed by atoms with Crippen molar-refractivity contribution < 1.29 is 9.90 Å². The molecule has 8 heteroatoms. The predicted octanol–water partition coefficient (Wildman–Crippen LogP) is 1.39. The molecule has 0 aromatic carbocycles. The van der Waals surface area contributed by atoms with Crippen LogP contribution in [0.25, 0.3) is 11.2 Å². The summed E-state index contributed by atoms with van der Waals surface area (Å²) in [4.78, 5) is 19.6. The van der Waals surface area contributed by atoms with Gasteiger partial charge in [-0.3, -0.25) is 14.0 Å². The Balaban J connectivity index is 2.00. The molecule has 0 saturated carbocycles. The van der Waals surface area contributed by atoms with Gasteiger partial charge >= 0.3 is 5.97 Å². The van der Waals surface area contributed by atoms with Gasteiger partial charge in [-0.1, -0.05) is 11.8 Å². The molecule has 0 bridgehead atoms. The van der Waals surface area contributed by atoms with Crippen molar-refractivity contribution in [2.45, 2.75) is 11.7 Å². The fraction of sp³-hybridized carbons (Fsp3) is 0.231. The van der Waals surface area contributed by atoms with E-state index in [2.05, 4.69) is 15.1 Å². The number of hydrogen-bond donors (Lipinski definition) is 1. The lowest BCUT2D eigenvalue weighted by molar-refractivity contribution is -0.133. The predicted molar refractivity (Wildman–Crippen MR) is 78.2 cm³/mol. The maximum atomic E-state index is 10.8. The first-order valence-electron chi connectivity index (χ1n) is 6.27. The lowest BCUT2D eigenvalue weighted by atomic mass is 10.3. The molecule has 0 aliphatic heterocycles. The summed E-state index contributed by atoms with van der Waals surface area (Å²) in [5, 5.41) is 13.6. The monoisotopic (exact) mass is 303 g/mol. The van der Waals surface area contributed by atoms with E-state index in [4.69, 9.17) is 5.11 Å². The highest BCUT2D eigenvalue weighted by molar-refractivity contribution is 7.99. The van der Waals surface area contributed by atoms with E-state index in [1.807, 2.05) is 29.9 Å². The number of aromatic nitrogens is 5. The van der Waals surface area contributed by atoms with Gasteiger partial charge in [0.15, 0.2) is 10.8 Å². The molecule has 108 valence electrons. The number of fused-ring (bicyclic) bond motifs is 1. The van der Waals surface area contributed by atoms with Crippen LogP contribution in [-0.4, -0.2) is 41.1 Å². The number of thioether (sulfide) groups is 1. The quantitative estimate of drug-likeness (QED) is 0.717. The second kappa shape index (κ2) is 5.57. The number of aryl methyl sites for hydroxylation is 1. The Morgan fingerprint density at radius 1 is 1.48 bits per heavy atom. The van der Waals surface area contributed by atoms with Gasteiger partial charge in [0, 0.05) is 25.0 Å². The summed E-state index contributed by atoms with van der Waals surface area (Å²) in [6, 6.07) is 3.68. The van der Waals surface area contributed by atoms with E-state index in [1.165, 1.54) is 11.8 Å². The average Bonchev–Trinajstić information content (AvgIpc) is 3.01. The largest absolute Gasteiger partial charge is 0.481 e. The second-order valence-electron chi connectivity index (χ2n) is 4.53. The van der Waals surface area contributed by atoms with Crippen LogP contribution in [0.2, 0.25) is 0 Å². The van der Waals surface area contributed by atoms with Gasteiger partial charge in [0.1, 0.15) is 5.52 Å². The molecule has 0 aliphatic carbocycles. The number of carboxylic acids is 1. The molecule has 0 amide bonds. The molecule has 3 rings (SSSR count). The average molecular weight is 303 g/mol. The van der Waals surface area contributed by atoms with E-state index in [1.54, 1.807) is 17.1 Å². The van der Waals surface area contributed by atoms with Gasteiger partial charge in [0.05, 0.1) is 18.5 Å². The Morgan fingerprint density at radius 3 is 3.05 bits per heavy atom. The summed E-state index contributed by atoms with van der Waals surface area (Å²) in [5.74, 6) is -0.899. The molecule has 0 spiro atoms. The Kier molecular flexibility index (Phi) is 3.61. The molecule has 3 aromatic rings. The van der Waals surface area contributed by atoms with E-state index in [0.717, 1.165) is 16.7 Å². The third kappa shape index (κ3) is 2.89. The Labute approximate surface area is 124 Å². The van der Waals surface area contributed by atoms with Crippen LogP contribution in [0.4, 0.5) is 0 Å². The van der Waals surface area contributed by atoms with Gasteiger partial charge in [-0.25, -0.2) is 9.97 Å². The van der Waals surface area contributed by atoms with E-state index >= 15 is 0 Å². The number of hydrogen-bond acceptors (Lipinski definition) is 5. The number of carboxylic acid groups (broad SMARTS) is 1. The number of nitrogens with zero attached hydrogens (tertiary/aromatic N) is 5. The summed E-state index contributed by atoms with van der Waals surface area (Å²) in [5.41, 5.74) is 2.52. The van der Waals surface area contributed by atoms with E-state index in [9.17, 15) is 4.79 Å². The Bertz CT molecular complexity index is 795. The highest BCUT2D eigenvalue weighted by atomic mass is 32.2. The third-order valence-electron chi connectivity index (χ3n) is 2.89. The van der Waals surface area contributed by atoms with Crippen LogP contribution >= 0.6 is 11.8 Å². The van der Waals surface area contributed by atoms with Crippen LogP contribution in [0.1, 0.15) is 5.56 Å². The molecule has 0 atom stereocenters. The number of pyridine rings is 1. The van der Waals surface area contributed by atoms with E-state index in [-0.39, 0.29) is 5.75 Å². The minimum atomic E-state index is -0.868. The summed E-state index contributed by atoms with van der Waals surface area (Å²) in [6.45, 7) is 0.559. The zero-order valence-electron chi connectivity index (χ0n) is 11.3. The first-order chi connectivity index (χ1) is 10.1. The SMILES string of the molecule is Cn1cc(Cn2c(SCC(=O)O)nc3cccnc32)cn1. The molecule has 0 aliphatic rings. The first-order valence-corrected chi connectivity index (χ1v) is 7.25. The molecule has 0 fully saturated rings. The topological polar surface area (TPSA) is 85.8 Å². The van der Waals surface area contributed by atoms with Gasteiger partial charge in [0.2, 0.25) is 0 Å². The zero-order chi connectivity index (χ0) is 14.8. The number of carbonyl (C=O) groups is 1. The fourth-order valence-electron chi connectivity index (χ4n) is 2.05. The maximum absolute atomic E-state index is 10.8. The molecule has 3 heterocycles. The molecular weight excluding hydrogens is 290 g/mol. The van der Waals surface area contributed by atoms with Crippen LogP contribution in [0.5, 0.6) is 0 Å². The Hall–Kier alpha value is -2.35.